The quantitative estimate of drug-likeness (QED) is 0.682. The van der Waals surface area contributed by atoms with Gasteiger partial charge in [-0.05, 0) is 94.0 Å². The second kappa shape index (κ2) is 9.62. The highest BCUT2D eigenvalue weighted by Gasteiger charge is 2.27. The zero-order chi connectivity index (χ0) is 17.5. The van der Waals surface area contributed by atoms with Crippen LogP contribution in [0.25, 0.3) is 0 Å². The minimum Gasteiger partial charge on any atom is -0.490 e. The molecule has 1 unspecified atom stereocenters. The first-order valence-electron chi connectivity index (χ1n) is 10.6. The molecule has 0 heterocycles. The SMILES string of the molecule is Cc1cccc(O[C@@H]2CCC[C@H](C(C)CNCC3CCCCC3)C2)c1. The Bertz CT molecular complexity index is 509. The lowest BCUT2D eigenvalue weighted by atomic mass is 9.79. The van der Waals surface area contributed by atoms with Crippen molar-refractivity contribution >= 4 is 0 Å². The van der Waals surface area contributed by atoms with E-state index in [0.717, 1.165) is 23.5 Å². The number of ether oxygens (including phenoxy) is 1. The predicted octanol–water partition coefficient (Wildman–Crippen LogP) is 5.74. The predicted molar refractivity (Wildman–Crippen MR) is 106 cm³/mol. The average molecular weight is 344 g/mol. The molecule has 1 aromatic carbocycles. The van der Waals surface area contributed by atoms with Gasteiger partial charge in [0.25, 0.3) is 0 Å². The molecule has 2 saturated carbocycles. The summed E-state index contributed by atoms with van der Waals surface area (Å²) >= 11 is 0. The number of benzene rings is 1. The molecule has 0 amide bonds. The summed E-state index contributed by atoms with van der Waals surface area (Å²) in [5.74, 6) is 3.55. The molecule has 3 atom stereocenters. The Balaban J connectivity index is 1.40. The van der Waals surface area contributed by atoms with Gasteiger partial charge in [-0.25, -0.2) is 0 Å². The van der Waals surface area contributed by atoms with Crippen molar-refractivity contribution in [2.75, 3.05) is 13.1 Å². The van der Waals surface area contributed by atoms with Gasteiger partial charge in [-0.1, -0.05) is 38.3 Å². The third-order valence-corrected chi connectivity index (χ3v) is 6.39. The van der Waals surface area contributed by atoms with Gasteiger partial charge >= 0.3 is 0 Å². The van der Waals surface area contributed by atoms with Gasteiger partial charge in [0.05, 0.1) is 6.10 Å². The van der Waals surface area contributed by atoms with Crippen LogP contribution in [0.5, 0.6) is 5.75 Å². The Hall–Kier alpha value is -1.02. The second-order valence-corrected chi connectivity index (χ2v) is 8.62. The summed E-state index contributed by atoms with van der Waals surface area (Å²) < 4.78 is 6.30. The van der Waals surface area contributed by atoms with Gasteiger partial charge < -0.3 is 10.1 Å². The van der Waals surface area contributed by atoms with Crippen molar-refractivity contribution < 1.29 is 4.74 Å². The molecular formula is C23H37NO. The van der Waals surface area contributed by atoms with Crippen LogP contribution in [0, 0.1) is 24.7 Å². The molecule has 2 fully saturated rings. The van der Waals surface area contributed by atoms with E-state index in [1.54, 1.807) is 0 Å². The minimum atomic E-state index is 0.404. The first kappa shape index (κ1) is 18.8. The third kappa shape index (κ3) is 6.02. The molecule has 3 rings (SSSR count). The molecule has 1 aromatic rings. The Labute approximate surface area is 154 Å². The molecule has 0 radical (unpaired) electrons. The van der Waals surface area contributed by atoms with Crippen LogP contribution >= 0.6 is 0 Å². The van der Waals surface area contributed by atoms with E-state index in [2.05, 4.69) is 43.4 Å². The molecule has 2 nitrogen and oxygen atoms in total. The van der Waals surface area contributed by atoms with E-state index < -0.39 is 0 Å². The molecule has 0 bridgehead atoms. The number of nitrogens with one attached hydrogen (secondary N) is 1. The van der Waals surface area contributed by atoms with E-state index >= 15 is 0 Å². The summed E-state index contributed by atoms with van der Waals surface area (Å²) in [5, 5.41) is 3.78. The molecule has 0 aromatic heterocycles. The Morgan fingerprint density at radius 2 is 1.92 bits per heavy atom. The molecule has 140 valence electrons. The van der Waals surface area contributed by atoms with Crippen molar-refractivity contribution in [1.82, 2.24) is 5.32 Å². The van der Waals surface area contributed by atoms with Crippen LogP contribution in [0.3, 0.4) is 0 Å². The lowest BCUT2D eigenvalue weighted by Gasteiger charge is -2.33. The maximum absolute atomic E-state index is 6.30. The van der Waals surface area contributed by atoms with Gasteiger partial charge in [-0.3, -0.25) is 0 Å². The Kier molecular flexibility index (Phi) is 7.22. The second-order valence-electron chi connectivity index (χ2n) is 8.62. The van der Waals surface area contributed by atoms with Crippen molar-refractivity contribution in [3.8, 4) is 5.75 Å². The summed E-state index contributed by atoms with van der Waals surface area (Å²) in [5.41, 5.74) is 1.28. The van der Waals surface area contributed by atoms with Gasteiger partial charge in [-0.2, -0.15) is 0 Å². The van der Waals surface area contributed by atoms with Crippen LogP contribution in [0.2, 0.25) is 0 Å². The van der Waals surface area contributed by atoms with Crippen molar-refractivity contribution in [3.05, 3.63) is 29.8 Å². The highest BCUT2D eigenvalue weighted by atomic mass is 16.5. The number of hydrogen-bond acceptors (Lipinski definition) is 2. The molecule has 2 aliphatic rings. The van der Waals surface area contributed by atoms with E-state index in [1.807, 2.05) is 0 Å². The summed E-state index contributed by atoms with van der Waals surface area (Å²) in [6.45, 7) is 6.99. The van der Waals surface area contributed by atoms with Crippen LogP contribution in [0.4, 0.5) is 0 Å². The lowest BCUT2D eigenvalue weighted by Crippen LogP contribution is -2.35. The van der Waals surface area contributed by atoms with E-state index in [4.69, 9.17) is 4.74 Å². The van der Waals surface area contributed by atoms with Crippen LogP contribution in [0.15, 0.2) is 24.3 Å². The maximum Gasteiger partial charge on any atom is 0.119 e. The molecule has 2 aliphatic carbocycles. The molecule has 25 heavy (non-hydrogen) atoms. The summed E-state index contributed by atoms with van der Waals surface area (Å²) in [6.07, 6.45) is 12.8. The molecule has 0 spiro atoms. The van der Waals surface area contributed by atoms with E-state index in [-0.39, 0.29) is 0 Å². The zero-order valence-corrected chi connectivity index (χ0v) is 16.3. The summed E-state index contributed by atoms with van der Waals surface area (Å²) in [4.78, 5) is 0. The first-order chi connectivity index (χ1) is 12.2. The normalized spacial score (nSPS) is 26.3. The van der Waals surface area contributed by atoms with Crippen LogP contribution in [-0.2, 0) is 0 Å². The van der Waals surface area contributed by atoms with Crippen LogP contribution in [-0.4, -0.2) is 19.2 Å². The molecule has 0 aliphatic heterocycles. The van der Waals surface area contributed by atoms with E-state index in [9.17, 15) is 0 Å². The first-order valence-corrected chi connectivity index (χ1v) is 10.6. The fourth-order valence-electron chi connectivity index (χ4n) is 4.76. The van der Waals surface area contributed by atoms with Gasteiger partial charge in [0.15, 0.2) is 0 Å². The van der Waals surface area contributed by atoms with Crippen molar-refractivity contribution in [2.45, 2.75) is 77.7 Å². The standard InChI is InChI=1S/C23H37NO/c1-18-8-6-12-22(14-18)25-23-13-7-11-21(15-23)19(2)16-24-17-20-9-4-3-5-10-20/h6,8,12,14,19-21,23-24H,3-5,7,9-11,13,15-17H2,1-2H3/t19?,21-,23+/m0/s1. The topological polar surface area (TPSA) is 21.3 Å². The highest BCUT2D eigenvalue weighted by Crippen LogP contribution is 2.32. The van der Waals surface area contributed by atoms with Crippen molar-refractivity contribution in [1.29, 1.82) is 0 Å². The Morgan fingerprint density at radius 3 is 2.72 bits per heavy atom. The number of hydrogen-bond donors (Lipinski definition) is 1. The molecule has 2 heteroatoms. The van der Waals surface area contributed by atoms with Gasteiger partial charge in [-0.15, -0.1) is 0 Å². The van der Waals surface area contributed by atoms with Crippen molar-refractivity contribution in [3.63, 3.8) is 0 Å². The van der Waals surface area contributed by atoms with Gasteiger partial charge in [0.2, 0.25) is 0 Å². The van der Waals surface area contributed by atoms with E-state index in [0.29, 0.717) is 6.10 Å². The lowest BCUT2D eigenvalue weighted by molar-refractivity contribution is 0.101. The number of aryl methyl sites for hydroxylation is 1. The zero-order valence-electron chi connectivity index (χ0n) is 16.3. The highest BCUT2D eigenvalue weighted by molar-refractivity contribution is 5.27. The summed E-state index contributed by atoms with van der Waals surface area (Å²) in [6, 6.07) is 8.50. The largest absolute Gasteiger partial charge is 0.490 e. The fourth-order valence-corrected chi connectivity index (χ4v) is 4.76. The number of rotatable bonds is 7. The summed E-state index contributed by atoms with van der Waals surface area (Å²) in [7, 11) is 0. The smallest absolute Gasteiger partial charge is 0.119 e. The minimum absolute atomic E-state index is 0.404. The van der Waals surface area contributed by atoms with Crippen LogP contribution in [0.1, 0.15) is 70.3 Å². The molecular weight excluding hydrogens is 306 g/mol. The van der Waals surface area contributed by atoms with Gasteiger partial charge in [0, 0.05) is 0 Å². The maximum atomic E-state index is 6.30. The molecule has 1 N–H and O–H groups in total. The van der Waals surface area contributed by atoms with E-state index in [1.165, 1.54) is 76.4 Å². The third-order valence-electron chi connectivity index (χ3n) is 6.39. The Morgan fingerprint density at radius 1 is 1.08 bits per heavy atom. The monoisotopic (exact) mass is 343 g/mol. The molecule has 0 saturated heterocycles. The van der Waals surface area contributed by atoms with Crippen molar-refractivity contribution in [2.24, 2.45) is 17.8 Å². The fraction of sp³-hybridized carbons (Fsp3) is 0.739. The van der Waals surface area contributed by atoms with Crippen LogP contribution < -0.4 is 10.1 Å². The average Bonchev–Trinajstić information content (AvgIpc) is 2.63. The van der Waals surface area contributed by atoms with Gasteiger partial charge in [0.1, 0.15) is 5.75 Å².